The highest BCUT2D eigenvalue weighted by Gasteiger charge is 2.43. The van der Waals surface area contributed by atoms with Crippen molar-refractivity contribution in [3.05, 3.63) is 0 Å². The lowest BCUT2D eigenvalue weighted by molar-refractivity contribution is 0.721. The molecule has 0 aliphatic heterocycles. The summed E-state index contributed by atoms with van der Waals surface area (Å²) in [5.74, 6) is 0. The molecule has 1 rings (SSSR count). The zero-order chi connectivity index (χ0) is 4.78. The molecule has 2 atom stereocenters. The lowest BCUT2D eigenvalue weighted by Crippen LogP contribution is -2.26. The monoisotopic (exact) mass is 86.1 g/mol. The van der Waals surface area contributed by atoms with Gasteiger partial charge in [0.05, 0.1) is 0 Å². The third kappa shape index (κ3) is 0.420. The first-order valence-electron chi connectivity index (χ1n) is 2.17. The van der Waals surface area contributed by atoms with Gasteiger partial charge >= 0.3 is 0 Å². The van der Waals surface area contributed by atoms with Crippen LogP contribution < -0.4 is 11.5 Å². The lowest BCUT2D eigenvalue weighted by Gasteiger charge is -1.93. The van der Waals surface area contributed by atoms with Crippen molar-refractivity contribution in [3.63, 3.8) is 0 Å². The Kier molecular flexibility index (Phi) is 0.524. The molecule has 2 unspecified atom stereocenters. The quantitative estimate of drug-likeness (QED) is 0.415. The van der Waals surface area contributed by atoms with Crippen molar-refractivity contribution in [2.75, 3.05) is 0 Å². The minimum absolute atomic E-state index is 0.0139. The molecule has 6 heavy (non-hydrogen) atoms. The maximum absolute atomic E-state index is 5.48. The summed E-state index contributed by atoms with van der Waals surface area (Å²) in [5, 5.41) is 0. The molecule has 4 N–H and O–H groups in total. The van der Waals surface area contributed by atoms with Crippen LogP contribution in [0.5, 0.6) is 0 Å². The first kappa shape index (κ1) is 4.09. The average molecular weight is 86.1 g/mol. The van der Waals surface area contributed by atoms with E-state index in [-0.39, 0.29) is 11.6 Å². The van der Waals surface area contributed by atoms with Crippen LogP contribution in [0, 0.1) is 0 Å². The minimum Gasteiger partial charge on any atom is -0.326 e. The predicted octanol–water partition coefficient (Wildman–Crippen LogP) is -0.565. The van der Waals surface area contributed by atoms with Crippen molar-refractivity contribution in [1.82, 2.24) is 0 Å². The summed E-state index contributed by atoms with van der Waals surface area (Å²) < 4.78 is 0. The fraction of sp³-hybridized carbons (Fsp3) is 1.00. The SMILES string of the molecule is CC1(N)CC1N. The molecule has 1 aliphatic carbocycles. The van der Waals surface area contributed by atoms with Gasteiger partial charge < -0.3 is 11.5 Å². The molecule has 2 nitrogen and oxygen atoms in total. The van der Waals surface area contributed by atoms with Gasteiger partial charge in [0, 0.05) is 11.6 Å². The molecule has 1 saturated carbocycles. The summed E-state index contributed by atoms with van der Waals surface area (Å²) in [6, 6.07) is 0.275. The van der Waals surface area contributed by atoms with Gasteiger partial charge in [-0.1, -0.05) is 0 Å². The second-order valence-electron chi connectivity index (χ2n) is 2.32. The van der Waals surface area contributed by atoms with E-state index in [1.165, 1.54) is 0 Å². The minimum atomic E-state index is -0.0139. The van der Waals surface area contributed by atoms with Crippen LogP contribution in [0.2, 0.25) is 0 Å². The van der Waals surface area contributed by atoms with Gasteiger partial charge in [0.1, 0.15) is 0 Å². The van der Waals surface area contributed by atoms with Crippen molar-refractivity contribution in [2.24, 2.45) is 11.5 Å². The van der Waals surface area contributed by atoms with Crippen LogP contribution in [0.15, 0.2) is 0 Å². The normalized spacial score (nSPS) is 55.5. The number of hydrogen-bond donors (Lipinski definition) is 2. The smallest absolute Gasteiger partial charge is 0.0295 e. The van der Waals surface area contributed by atoms with E-state index in [2.05, 4.69) is 0 Å². The Balaban J connectivity index is 2.41. The topological polar surface area (TPSA) is 52.0 Å². The Labute approximate surface area is 37.5 Å². The average Bonchev–Trinajstić information content (AvgIpc) is 1.73. The molecular weight excluding hydrogens is 76.1 g/mol. The largest absolute Gasteiger partial charge is 0.326 e. The van der Waals surface area contributed by atoms with Crippen molar-refractivity contribution in [2.45, 2.75) is 24.9 Å². The molecule has 0 bridgehead atoms. The molecule has 0 aromatic carbocycles. The molecule has 1 fully saturated rings. The zero-order valence-corrected chi connectivity index (χ0v) is 3.94. The summed E-state index contributed by atoms with van der Waals surface area (Å²) in [6.07, 6.45) is 0.993. The van der Waals surface area contributed by atoms with Crippen LogP contribution >= 0.6 is 0 Å². The fourth-order valence-corrected chi connectivity index (χ4v) is 0.415. The second-order valence-corrected chi connectivity index (χ2v) is 2.32. The van der Waals surface area contributed by atoms with E-state index < -0.39 is 0 Å². The van der Waals surface area contributed by atoms with Gasteiger partial charge in [-0.3, -0.25) is 0 Å². The van der Waals surface area contributed by atoms with Gasteiger partial charge in [0.2, 0.25) is 0 Å². The van der Waals surface area contributed by atoms with E-state index in [1.807, 2.05) is 6.92 Å². The first-order valence-corrected chi connectivity index (χ1v) is 2.17. The van der Waals surface area contributed by atoms with E-state index in [4.69, 9.17) is 11.5 Å². The van der Waals surface area contributed by atoms with E-state index in [0.717, 1.165) is 6.42 Å². The van der Waals surface area contributed by atoms with E-state index >= 15 is 0 Å². The number of rotatable bonds is 0. The first-order chi connectivity index (χ1) is 2.63. The van der Waals surface area contributed by atoms with Crippen molar-refractivity contribution in [1.29, 1.82) is 0 Å². The number of hydrogen-bond acceptors (Lipinski definition) is 2. The maximum atomic E-state index is 5.48. The highest BCUT2D eigenvalue weighted by molar-refractivity contribution is 5.07. The van der Waals surface area contributed by atoms with Gasteiger partial charge in [-0.15, -0.1) is 0 Å². The molecular formula is C4H10N2. The van der Waals surface area contributed by atoms with Crippen molar-refractivity contribution < 1.29 is 0 Å². The summed E-state index contributed by atoms with van der Waals surface area (Å²) in [5.41, 5.74) is 10.8. The maximum Gasteiger partial charge on any atom is 0.0295 e. The van der Waals surface area contributed by atoms with E-state index in [1.54, 1.807) is 0 Å². The Morgan fingerprint density at radius 3 is 2.00 bits per heavy atom. The van der Waals surface area contributed by atoms with Crippen molar-refractivity contribution >= 4 is 0 Å². The number of nitrogens with two attached hydrogens (primary N) is 2. The van der Waals surface area contributed by atoms with Crippen LogP contribution in [-0.4, -0.2) is 11.6 Å². The van der Waals surface area contributed by atoms with Crippen LogP contribution in [0.25, 0.3) is 0 Å². The highest BCUT2D eigenvalue weighted by atomic mass is 14.9. The molecule has 2 heteroatoms. The molecule has 36 valence electrons. The Hall–Kier alpha value is -0.0800. The van der Waals surface area contributed by atoms with E-state index in [0.29, 0.717) is 0 Å². The van der Waals surface area contributed by atoms with Crippen LogP contribution in [0.1, 0.15) is 13.3 Å². The summed E-state index contributed by atoms with van der Waals surface area (Å²) in [6.45, 7) is 1.97. The molecule has 0 heterocycles. The standard InChI is InChI=1S/C4H10N2/c1-4(6)2-3(4)5/h3H,2,5-6H2,1H3. The van der Waals surface area contributed by atoms with E-state index in [9.17, 15) is 0 Å². The van der Waals surface area contributed by atoms with Gasteiger partial charge in [0.15, 0.2) is 0 Å². The highest BCUT2D eigenvalue weighted by Crippen LogP contribution is 2.29. The predicted molar refractivity (Wildman–Crippen MR) is 25.2 cm³/mol. The molecule has 0 spiro atoms. The molecule has 0 aromatic heterocycles. The summed E-state index contributed by atoms with van der Waals surface area (Å²) in [4.78, 5) is 0. The fourth-order valence-electron chi connectivity index (χ4n) is 0.415. The van der Waals surface area contributed by atoms with Crippen LogP contribution in [-0.2, 0) is 0 Å². The molecule has 0 saturated heterocycles. The lowest BCUT2D eigenvalue weighted by atomic mass is 10.3. The summed E-state index contributed by atoms with van der Waals surface area (Å²) in [7, 11) is 0. The summed E-state index contributed by atoms with van der Waals surface area (Å²) >= 11 is 0. The third-order valence-corrected chi connectivity index (χ3v) is 1.35. The van der Waals surface area contributed by atoms with Crippen molar-refractivity contribution in [3.8, 4) is 0 Å². The molecule has 0 amide bonds. The van der Waals surface area contributed by atoms with Gasteiger partial charge in [-0.2, -0.15) is 0 Å². The molecule has 1 aliphatic rings. The van der Waals surface area contributed by atoms with Gasteiger partial charge in [0.25, 0.3) is 0 Å². The third-order valence-electron chi connectivity index (χ3n) is 1.35. The van der Waals surface area contributed by atoms with Gasteiger partial charge in [-0.05, 0) is 13.3 Å². The Morgan fingerprint density at radius 1 is 1.83 bits per heavy atom. The van der Waals surface area contributed by atoms with Crippen LogP contribution in [0.3, 0.4) is 0 Å². The zero-order valence-electron chi connectivity index (χ0n) is 3.94. The van der Waals surface area contributed by atoms with Crippen LogP contribution in [0.4, 0.5) is 0 Å². The Morgan fingerprint density at radius 2 is 2.00 bits per heavy atom. The second kappa shape index (κ2) is 0.768. The Bertz CT molecular complexity index is 67.9. The molecule has 0 aromatic rings. The van der Waals surface area contributed by atoms with Gasteiger partial charge in [-0.25, -0.2) is 0 Å². The molecule has 0 radical (unpaired) electrons.